The molecule has 2 rings (SSSR count). The fourth-order valence-electron chi connectivity index (χ4n) is 1.68. The fourth-order valence-corrected chi connectivity index (χ4v) is 1.92. The van der Waals surface area contributed by atoms with E-state index in [-0.39, 0.29) is 12.2 Å². The summed E-state index contributed by atoms with van der Waals surface area (Å²) in [6.07, 6.45) is 0.175. The van der Waals surface area contributed by atoms with E-state index in [9.17, 15) is 4.79 Å². The SMILES string of the molecule is NCC1CCN(c2ccccc2Cl)C(=O)O1. The second-order valence-corrected chi connectivity index (χ2v) is 4.04. The number of cyclic esters (lactones) is 1. The van der Waals surface area contributed by atoms with E-state index in [1.807, 2.05) is 12.1 Å². The van der Waals surface area contributed by atoms with Crippen molar-refractivity contribution in [2.45, 2.75) is 12.5 Å². The summed E-state index contributed by atoms with van der Waals surface area (Å²) in [5.74, 6) is 0. The van der Waals surface area contributed by atoms with Crippen LogP contribution in [0, 0.1) is 0 Å². The second kappa shape index (κ2) is 4.72. The minimum absolute atomic E-state index is 0.175. The molecule has 1 amide bonds. The Bertz CT molecular complexity index is 397. The average Bonchev–Trinajstić information content (AvgIpc) is 2.30. The van der Waals surface area contributed by atoms with Gasteiger partial charge < -0.3 is 10.5 Å². The molecule has 0 saturated carbocycles. The van der Waals surface area contributed by atoms with E-state index in [4.69, 9.17) is 22.1 Å². The van der Waals surface area contributed by atoms with E-state index < -0.39 is 0 Å². The van der Waals surface area contributed by atoms with Gasteiger partial charge in [0.1, 0.15) is 6.10 Å². The number of benzene rings is 1. The lowest BCUT2D eigenvalue weighted by molar-refractivity contribution is 0.0888. The molecule has 4 nitrogen and oxygen atoms in total. The molecule has 1 saturated heterocycles. The Morgan fingerprint density at radius 2 is 2.25 bits per heavy atom. The Morgan fingerprint density at radius 3 is 2.88 bits per heavy atom. The molecule has 2 N–H and O–H groups in total. The molecule has 0 radical (unpaired) electrons. The zero-order valence-corrected chi connectivity index (χ0v) is 9.48. The predicted octanol–water partition coefficient (Wildman–Crippen LogP) is 2.01. The third-order valence-corrected chi connectivity index (χ3v) is 2.89. The first-order valence-corrected chi connectivity index (χ1v) is 5.53. The van der Waals surface area contributed by atoms with Crippen molar-refractivity contribution in [1.82, 2.24) is 0 Å². The molecule has 0 aliphatic carbocycles. The summed E-state index contributed by atoms with van der Waals surface area (Å²) in [5, 5.41) is 0.547. The van der Waals surface area contributed by atoms with Gasteiger partial charge in [-0.3, -0.25) is 4.90 Å². The van der Waals surface area contributed by atoms with Gasteiger partial charge >= 0.3 is 6.09 Å². The van der Waals surface area contributed by atoms with Crippen LogP contribution in [0.5, 0.6) is 0 Å². The topological polar surface area (TPSA) is 55.6 Å². The highest BCUT2D eigenvalue weighted by Gasteiger charge is 2.28. The predicted molar refractivity (Wildman–Crippen MR) is 62.7 cm³/mol. The lowest BCUT2D eigenvalue weighted by Gasteiger charge is -2.31. The van der Waals surface area contributed by atoms with Crippen molar-refractivity contribution in [2.24, 2.45) is 5.73 Å². The zero-order valence-electron chi connectivity index (χ0n) is 8.73. The van der Waals surface area contributed by atoms with Crippen LogP contribution in [0.15, 0.2) is 24.3 Å². The molecule has 1 fully saturated rings. The van der Waals surface area contributed by atoms with Crippen LogP contribution >= 0.6 is 11.6 Å². The van der Waals surface area contributed by atoms with Crippen molar-refractivity contribution < 1.29 is 9.53 Å². The maximum Gasteiger partial charge on any atom is 0.414 e. The Labute approximate surface area is 98.9 Å². The maximum atomic E-state index is 11.7. The summed E-state index contributed by atoms with van der Waals surface area (Å²) in [4.78, 5) is 13.2. The molecule has 5 heteroatoms. The molecular weight excluding hydrogens is 228 g/mol. The van der Waals surface area contributed by atoms with Gasteiger partial charge in [-0.15, -0.1) is 0 Å². The van der Waals surface area contributed by atoms with Crippen molar-refractivity contribution >= 4 is 23.4 Å². The van der Waals surface area contributed by atoms with E-state index in [0.717, 1.165) is 6.42 Å². The Hall–Kier alpha value is -1.26. The van der Waals surface area contributed by atoms with Gasteiger partial charge in [-0.1, -0.05) is 23.7 Å². The summed E-state index contributed by atoms with van der Waals surface area (Å²) in [7, 11) is 0. The lowest BCUT2D eigenvalue weighted by Crippen LogP contribution is -2.44. The Morgan fingerprint density at radius 1 is 1.50 bits per heavy atom. The van der Waals surface area contributed by atoms with E-state index in [0.29, 0.717) is 23.8 Å². The van der Waals surface area contributed by atoms with Crippen LogP contribution < -0.4 is 10.6 Å². The van der Waals surface area contributed by atoms with Crippen molar-refractivity contribution in [1.29, 1.82) is 0 Å². The number of amides is 1. The van der Waals surface area contributed by atoms with Crippen molar-refractivity contribution in [3.8, 4) is 0 Å². The van der Waals surface area contributed by atoms with Crippen LogP contribution in [-0.4, -0.2) is 25.3 Å². The first-order valence-electron chi connectivity index (χ1n) is 5.15. The van der Waals surface area contributed by atoms with E-state index in [1.165, 1.54) is 4.90 Å². The number of carbonyl (C=O) groups is 1. The standard InChI is InChI=1S/C11H13ClN2O2/c12-9-3-1-2-4-10(9)14-6-5-8(7-13)16-11(14)15/h1-4,8H,5-7,13H2. The third kappa shape index (κ3) is 2.13. The number of halogens is 1. The number of rotatable bonds is 2. The molecule has 1 atom stereocenters. The normalized spacial score (nSPS) is 20.8. The number of anilines is 1. The molecule has 1 aromatic rings. The van der Waals surface area contributed by atoms with E-state index in [2.05, 4.69) is 0 Å². The minimum Gasteiger partial charge on any atom is -0.444 e. The van der Waals surface area contributed by atoms with Crippen LogP contribution in [0.1, 0.15) is 6.42 Å². The number of hydrogen-bond donors (Lipinski definition) is 1. The first-order chi connectivity index (χ1) is 7.72. The highest BCUT2D eigenvalue weighted by molar-refractivity contribution is 6.33. The molecule has 0 spiro atoms. The van der Waals surface area contributed by atoms with Crippen molar-refractivity contribution in [3.05, 3.63) is 29.3 Å². The number of hydrogen-bond acceptors (Lipinski definition) is 3. The number of nitrogens with two attached hydrogens (primary N) is 1. The highest BCUT2D eigenvalue weighted by Crippen LogP contribution is 2.28. The summed E-state index contributed by atoms with van der Waals surface area (Å²) >= 11 is 6.02. The maximum absolute atomic E-state index is 11.7. The number of carbonyl (C=O) groups excluding carboxylic acids is 1. The van der Waals surface area contributed by atoms with Gasteiger partial charge in [-0.05, 0) is 12.1 Å². The molecule has 1 unspecified atom stereocenters. The Balaban J connectivity index is 2.18. The van der Waals surface area contributed by atoms with Crippen LogP contribution in [-0.2, 0) is 4.74 Å². The summed E-state index contributed by atoms with van der Waals surface area (Å²) < 4.78 is 5.16. The van der Waals surface area contributed by atoms with Gasteiger partial charge in [0.15, 0.2) is 0 Å². The van der Waals surface area contributed by atoms with E-state index >= 15 is 0 Å². The second-order valence-electron chi connectivity index (χ2n) is 3.63. The largest absolute Gasteiger partial charge is 0.444 e. The number of para-hydroxylation sites is 1. The van der Waals surface area contributed by atoms with Crippen molar-refractivity contribution in [3.63, 3.8) is 0 Å². The van der Waals surface area contributed by atoms with Crippen LogP contribution in [0.4, 0.5) is 10.5 Å². The van der Waals surface area contributed by atoms with Gasteiger partial charge in [0, 0.05) is 19.5 Å². The van der Waals surface area contributed by atoms with Crippen LogP contribution in [0.2, 0.25) is 5.02 Å². The van der Waals surface area contributed by atoms with Crippen LogP contribution in [0.3, 0.4) is 0 Å². The number of nitrogens with zero attached hydrogens (tertiary/aromatic N) is 1. The van der Waals surface area contributed by atoms with E-state index in [1.54, 1.807) is 12.1 Å². The van der Waals surface area contributed by atoms with Gasteiger partial charge in [0.2, 0.25) is 0 Å². The Kier molecular flexibility index (Phi) is 3.31. The molecule has 1 aromatic carbocycles. The minimum atomic E-state index is -0.380. The molecular formula is C11H13ClN2O2. The molecule has 16 heavy (non-hydrogen) atoms. The molecule has 1 aliphatic rings. The van der Waals surface area contributed by atoms with Crippen LogP contribution in [0.25, 0.3) is 0 Å². The van der Waals surface area contributed by atoms with Gasteiger partial charge in [0.25, 0.3) is 0 Å². The molecule has 1 aliphatic heterocycles. The van der Waals surface area contributed by atoms with Gasteiger partial charge in [-0.2, -0.15) is 0 Å². The van der Waals surface area contributed by atoms with Crippen molar-refractivity contribution in [2.75, 3.05) is 18.0 Å². The quantitative estimate of drug-likeness (QED) is 0.861. The summed E-state index contributed by atoms with van der Waals surface area (Å²) in [5.41, 5.74) is 6.14. The lowest BCUT2D eigenvalue weighted by atomic mass is 10.2. The highest BCUT2D eigenvalue weighted by atomic mass is 35.5. The summed E-state index contributed by atoms with van der Waals surface area (Å²) in [6.45, 7) is 0.951. The zero-order chi connectivity index (χ0) is 11.5. The van der Waals surface area contributed by atoms with Gasteiger partial charge in [-0.25, -0.2) is 4.79 Å². The molecule has 1 heterocycles. The monoisotopic (exact) mass is 240 g/mol. The summed E-state index contributed by atoms with van der Waals surface area (Å²) in [6, 6.07) is 7.21. The fraction of sp³-hybridized carbons (Fsp3) is 0.364. The molecule has 86 valence electrons. The third-order valence-electron chi connectivity index (χ3n) is 2.57. The molecule has 0 bridgehead atoms. The smallest absolute Gasteiger partial charge is 0.414 e. The average molecular weight is 241 g/mol. The molecule has 0 aromatic heterocycles. The first kappa shape index (κ1) is 11.2. The van der Waals surface area contributed by atoms with Gasteiger partial charge in [0.05, 0.1) is 10.7 Å². The number of ether oxygens (including phenoxy) is 1.